The van der Waals surface area contributed by atoms with Crippen molar-refractivity contribution in [3.63, 3.8) is 0 Å². The molecule has 9 nitrogen and oxygen atoms in total. The fraction of sp³-hybridized carbons (Fsp3) is 0.250. The molecular weight excluding hydrogens is 456 g/mol. The average Bonchev–Trinajstić information content (AvgIpc) is 3.53. The number of carbonyl (C=O) groups excluding carboxylic acids is 1. The van der Waals surface area contributed by atoms with Crippen molar-refractivity contribution < 1.29 is 22.4 Å². The Morgan fingerprint density at radius 2 is 1.94 bits per heavy atom. The SMILES string of the molecule is COc1ccc(C2=NN(C(=O)CNc3cccc(S(=O)(=O)N(C)C)c3)[C@@H](c3ccco3)C2)cc1. The van der Waals surface area contributed by atoms with Crippen LogP contribution < -0.4 is 10.1 Å². The van der Waals surface area contributed by atoms with Crippen LogP contribution in [0.5, 0.6) is 5.75 Å². The first kappa shape index (κ1) is 23.5. The molecule has 10 heteroatoms. The monoisotopic (exact) mass is 482 g/mol. The highest BCUT2D eigenvalue weighted by atomic mass is 32.2. The van der Waals surface area contributed by atoms with Gasteiger partial charge in [-0.2, -0.15) is 5.10 Å². The van der Waals surface area contributed by atoms with E-state index in [0.717, 1.165) is 21.3 Å². The number of sulfonamides is 1. The predicted octanol–water partition coefficient (Wildman–Crippen LogP) is 3.33. The molecule has 1 N–H and O–H groups in total. The van der Waals surface area contributed by atoms with Gasteiger partial charge in [-0.05, 0) is 60.2 Å². The summed E-state index contributed by atoms with van der Waals surface area (Å²) in [6.45, 7) is -0.0674. The molecule has 4 rings (SSSR count). The van der Waals surface area contributed by atoms with Gasteiger partial charge in [0.25, 0.3) is 5.91 Å². The first-order valence-corrected chi connectivity index (χ1v) is 12.1. The Bertz CT molecular complexity index is 1290. The van der Waals surface area contributed by atoms with Crippen LogP contribution in [0, 0.1) is 0 Å². The highest BCUT2D eigenvalue weighted by Gasteiger charge is 2.34. The zero-order valence-electron chi connectivity index (χ0n) is 19.1. The summed E-state index contributed by atoms with van der Waals surface area (Å²) in [5, 5.41) is 9.04. The van der Waals surface area contributed by atoms with Crippen molar-refractivity contribution in [3.05, 3.63) is 78.3 Å². The number of amides is 1. The van der Waals surface area contributed by atoms with E-state index in [0.29, 0.717) is 17.9 Å². The summed E-state index contributed by atoms with van der Waals surface area (Å²) in [5.74, 6) is 1.10. The maximum atomic E-state index is 13.2. The Hall–Kier alpha value is -3.63. The minimum Gasteiger partial charge on any atom is -0.497 e. The topological polar surface area (TPSA) is 104 Å². The number of hydrogen-bond donors (Lipinski definition) is 1. The number of benzene rings is 2. The third-order valence-corrected chi connectivity index (χ3v) is 7.33. The van der Waals surface area contributed by atoms with E-state index in [1.54, 1.807) is 31.6 Å². The van der Waals surface area contributed by atoms with Crippen molar-refractivity contribution in [1.29, 1.82) is 0 Å². The van der Waals surface area contributed by atoms with E-state index in [9.17, 15) is 13.2 Å². The van der Waals surface area contributed by atoms with Crippen molar-refractivity contribution in [2.45, 2.75) is 17.4 Å². The van der Waals surface area contributed by atoms with Gasteiger partial charge in [-0.1, -0.05) is 6.07 Å². The molecule has 34 heavy (non-hydrogen) atoms. The number of hydrogen-bond acceptors (Lipinski definition) is 7. The third-order valence-electron chi connectivity index (χ3n) is 5.52. The van der Waals surface area contributed by atoms with E-state index in [2.05, 4.69) is 10.4 Å². The van der Waals surface area contributed by atoms with Crippen molar-refractivity contribution in [3.8, 4) is 5.75 Å². The molecule has 0 saturated carbocycles. The van der Waals surface area contributed by atoms with Gasteiger partial charge in [0.2, 0.25) is 10.0 Å². The number of anilines is 1. The Morgan fingerprint density at radius 3 is 2.59 bits per heavy atom. The molecule has 0 fully saturated rings. The maximum absolute atomic E-state index is 13.2. The fourth-order valence-corrected chi connectivity index (χ4v) is 4.58. The molecule has 1 aromatic heterocycles. The predicted molar refractivity (Wildman–Crippen MR) is 128 cm³/mol. The molecule has 1 aliphatic rings. The molecule has 0 unspecified atom stereocenters. The second-order valence-corrected chi connectivity index (χ2v) is 10.1. The van der Waals surface area contributed by atoms with Gasteiger partial charge in [0.05, 0.1) is 30.5 Å². The zero-order valence-corrected chi connectivity index (χ0v) is 20.0. The summed E-state index contributed by atoms with van der Waals surface area (Å²) >= 11 is 0. The summed E-state index contributed by atoms with van der Waals surface area (Å²) in [7, 11) is 0.968. The van der Waals surface area contributed by atoms with Crippen LogP contribution in [0.3, 0.4) is 0 Å². The number of rotatable bonds is 8. The smallest absolute Gasteiger partial charge is 0.262 e. The lowest BCUT2D eigenvalue weighted by molar-refractivity contribution is -0.131. The second kappa shape index (κ2) is 9.70. The standard InChI is InChI=1S/C24H26N4O5S/c1-27(2)34(30,31)20-7-4-6-18(14-20)25-16-24(29)28-22(23-8-5-13-33-23)15-21(26-28)17-9-11-19(32-3)12-10-17/h4-14,22,25H,15-16H2,1-3H3/t22-/m1/s1. The van der Waals surface area contributed by atoms with Crippen LogP contribution in [0.25, 0.3) is 0 Å². The summed E-state index contributed by atoms with van der Waals surface area (Å²) in [6, 6.07) is 17.1. The minimum atomic E-state index is -3.58. The maximum Gasteiger partial charge on any atom is 0.262 e. The number of methoxy groups -OCH3 is 1. The molecule has 1 aliphatic heterocycles. The highest BCUT2D eigenvalue weighted by molar-refractivity contribution is 7.89. The van der Waals surface area contributed by atoms with E-state index < -0.39 is 10.0 Å². The third kappa shape index (κ3) is 4.82. The molecule has 3 aromatic rings. The Kier molecular flexibility index (Phi) is 6.71. The Morgan fingerprint density at radius 1 is 1.18 bits per heavy atom. The van der Waals surface area contributed by atoms with Crippen LogP contribution in [0.2, 0.25) is 0 Å². The van der Waals surface area contributed by atoms with E-state index in [1.165, 1.54) is 31.2 Å². The summed E-state index contributed by atoms with van der Waals surface area (Å²) in [5.41, 5.74) is 2.17. The molecule has 0 aliphatic carbocycles. The number of ether oxygens (including phenoxy) is 1. The van der Waals surface area contributed by atoms with Crippen molar-refractivity contribution in [2.24, 2.45) is 5.10 Å². The molecule has 2 heterocycles. The second-order valence-electron chi connectivity index (χ2n) is 7.92. The van der Waals surface area contributed by atoms with E-state index in [-0.39, 0.29) is 23.4 Å². The lowest BCUT2D eigenvalue weighted by Gasteiger charge is -2.20. The quantitative estimate of drug-likeness (QED) is 0.528. The fourth-order valence-electron chi connectivity index (χ4n) is 3.64. The van der Waals surface area contributed by atoms with Gasteiger partial charge in [0.15, 0.2) is 0 Å². The van der Waals surface area contributed by atoms with Crippen LogP contribution in [-0.4, -0.2) is 57.1 Å². The molecule has 0 spiro atoms. The van der Waals surface area contributed by atoms with Gasteiger partial charge in [0, 0.05) is 26.2 Å². The lowest BCUT2D eigenvalue weighted by atomic mass is 10.0. The van der Waals surface area contributed by atoms with Crippen LogP contribution in [0.4, 0.5) is 5.69 Å². The molecule has 1 amide bonds. The molecular formula is C24H26N4O5S. The van der Waals surface area contributed by atoms with Gasteiger partial charge in [-0.15, -0.1) is 0 Å². The minimum absolute atomic E-state index is 0.0674. The number of carbonyl (C=O) groups is 1. The summed E-state index contributed by atoms with van der Waals surface area (Å²) in [6.07, 6.45) is 2.07. The molecule has 0 saturated heterocycles. The van der Waals surface area contributed by atoms with E-state index in [1.807, 2.05) is 30.3 Å². The molecule has 0 radical (unpaired) electrons. The number of hydrazone groups is 1. The summed E-state index contributed by atoms with van der Waals surface area (Å²) < 4.78 is 36.7. The van der Waals surface area contributed by atoms with Gasteiger partial charge in [-0.25, -0.2) is 17.7 Å². The van der Waals surface area contributed by atoms with E-state index >= 15 is 0 Å². The van der Waals surface area contributed by atoms with Crippen LogP contribution >= 0.6 is 0 Å². The number of nitrogens with one attached hydrogen (secondary N) is 1. The molecule has 1 atom stereocenters. The van der Waals surface area contributed by atoms with Crippen molar-refractivity contribution >= 4 is 27.3 Å². The van der Waals surface area contributed by atoms with Crippen molar-refractivity contribution in [2.75, 3.05) is 33.1 Å². The number of furan rings is 1. The lowest BCUT2D eigenvalue weighted by Crippen LogP contribution is -2.32. The highest BCUT2D eigenvalue weighted by Crippen LogP contribution is 2.33. The van der Waals surface area contributed by atoms with Gasteiger partial charge < -0.3 is 14.5 Å². The van der Waals surface area contributed by atoms with Gasteiger partial charge in [-0.3, -0.25) is 4.79 Å². The van der Waals surface area contributed by atoms with Gasteiger partial charge >= 0.3 is 0 Å². The normalized spacial score (nSPS) is 15.9. The first-order valence-electron chi connectivity index (χ1n) is 10.6. The summed E-state index contributed by atoms with van der Waals surface area (Å²) in [4.78, 5) is 13.3. The van der Waals surface area contributed by atoms with Crippen LogP contribution in [0.15, 0.2) is 81.3 Å². The van der Waals surface area contributed by atoms with Crippen LogP contribution in [0.1, 0.15) is 23.8 Å². The largest absolute Gasteiger partial charge is 0.497 e. The molecule has 2 aromatic carbocycles. The van der Waals surface area contributed by atoms with Crippen molar-refractivity contribution in [1.82, 2.24) is 9.31 Å². The number of nitrogens with zero attached hydrogens (tertiary/aromatic N) is 3. The first-order chi connectivity index (χ1) is 16.3. The van der Waals surface area contributed by atoms with Crippen LogP contribution in [-0.2, 0) is 14.8 Å². The Labute approximate surface area is 198 Å². The average molecular weight is 483 g/mol. The molecule has 0 bridgehead atoms. The van der Waals surface area contributed by atoms with Gasteiger partial charge in [0.1, 0.15) is 17.6 Å². The Balaban J connectivity index is 1.53. The van der Waals surface area contributed by atoms with E-state index in [4.69, 9.17) is 9.15 Å². The molecule has 178 valence electrons. The zero-order chi connectivity index (χ0) is 24.3.